The number of thiophene rings is 2. The molecule has 4 aromatic heterocycles. The van der Waals surface area contributed by atoms with E-state index in [1.54, 1.807) is 0 Å². The molecule has 6 heteroatoms. The first kappa shape index (κ1) is 49.2. The van der Waals surface area contributed by atoms with Crippen LogP contribution in [0.4, 0.5) is 34.1 Å². The molecule has 0 N–H and O–H groups in total. The topological polar surface area (TPSA) is 16.3 Å². The number of nitrogens with zero attached hydrogens (tertiary/aromatic N) is 4. The maximum absolute atomic E-state index is 2.57. The van der Waals surface area contributed by atoms with E-state index in [2.05, 4.69) is 290 Å². The first-order chi connectivity index (χ1) is 41.6. The highest BCUT2D eigenvalue weighted by molar-refractivity contribution is 7.21. The molecule has 0 radical (unpaired) electrons. The summed E-state index contributed by atoms with van der Waals surface area (Å²) in [4.78, 5) is 7.87. The molecule has 14 aromatic rings. The van der Waals surface area contributed by atoms with E-state index in [-0.39, 0.29) is 10.8 Å². The van der Waals surface area contributed by atoms with Crippen molar-refractivity contribution in [2.75, 3.05) is 9.80 Å². The van der Waals surface area contributed by atoms with Crippen molar-refractivity contribution < 1.29 is 0 Å². The highest BCUT2D eigenvalue weighted by Crippen LogP contribution is 2.66. The third kappa shape index (κ3) is 6.40. The van der Waals surface area contributed by atoms with Gasteiger partial charge in [0.25, 0.3) is 0 Å². The first-order valence-electron chi connectivity index (χ1n) is 30.1. The fourth-order valence-corrected chi connectivity index (χ4v) is 18.6. The monoisotopic (exact) mass is 1130 g/mol. The largest absolute Gasteiger partial charge is 0.341 e. The third-order valence-electron chi connectivity index (χ3n) is 20.3. The van der Waals surface area contributed by atoms with Gasteiger partial charge in [-0.15, -0.1) is 22.7 Å². The average Bonchev–Trinajstić information content (AvgIpc) is 1.52. The van der Waals surface area contributed by atoms with Crippen molar-refractivity contribution in [3.8, 4) is 43.1 Å². The Kier molecular flexibility index (Phi) is 10.1. The summed E-state index contributed by atoms with van der Waals surface area (Å²) in [7, 11) is 0. The number of para-hydroxylation sites is 2. The van der Waals surface area contributed by atoms with Crippen LogP contribution >= 0.6 is 22.7 Å². The molecule has 4 nitrogen and oxygen atoms in total. The van der Waals surface area contributed by atoms with Gasteiger partial charge in [-0.3, -0.25) is 0 Å². The van der Waals surface area contributed by atoms with Crippen LogP contribution in [0.3, 0.4) is 0 Å². The predicted molar refractivity (Wildman–Crippen MR) is 360 cm³/mol. The lowest BCUT2D eigenvalue weighted by Gasteiger charge is -2.33. The van der Waals surface area contributed by atoms with Gasteiger partial charge in [0, 0.05) is 111 Å². The lowest BCUT2D eigenvalue weighted by Crippen LogP contribution is -2.26. The molecule has 10 aromatic carbocycles. The van der Waals surface area contributed by atoms with Crippen LogP contribution in [0.2, 0.25) is 0 Å². The molecule has 0 bridgehead atoms. The van der Waals surface area contributed by atoms with Crippen LogP contribution in [0, 0.1) is 0 Å². The number of rotatable bonds is 8. The summed E-state index contributed by atoms with van der Waals surface area (Å²) in [6, 6.07) is 84.4. The van der Waals surface area contributed by atoms with Crippen LogP contribution in [0.1, 0.15) is 86.1 Å². The predicted octanol–water partition coefficient (Wildman–Crippen LogP) is 22.0. The summed E-state index contributed by atoms with van der Waals surface area (Å²) in [5.74, 6) is 0. The maximum atomic E-state index is 2.57. The zero-order valence-corrected chi connectivity index (χ0v) is 50.1. The van der Waals surface area contributed by atoms with E-state index >= 15 is 0 Å². The molecule has 18 rings (SSSR count). The minimum Gasteiger partial charge on any atom is -0.341 e. The van der Waals surface area contributed by atoms with Gasteiger partial charge in [0.15, 0.2) is 0 Å². The lowest BCUT2D eigenvalue weighted by atomic mass is 9.71. The quantitative estimate of drug-likeness (QED) is 0.151. The van der Waals surface area contributed by atoms with Gasteiger partial charge in [0.1, 0.15) is 0 Å². The standard InChI is InChI=1S/C79H60N4S2/c1-7-80-71-23-15-11-19-59(71)61-41-47(29-35-73(61)80)82(49-25-31-55-53-17-9-13-21-63(53)77(3,4)67(55)43-49)51-27-33-57-58-34-28-52(46-70(58)79(69(57)45-51)65-37-39-84-75(65)76-66(79)38-40-85-76)83(48-30-36-74-62(42-48)60-20-12-16-24-72(60)81(74)8-2)50-26-32-56-54-18-10-14-22-64(54)78(5,6)68(56)44-50/h9-46H,7-8H2,1-6H3. The maximum Gasteiger partial charge on any atom is 0.0743 e. The third-order valence-corrected chi connectivity index (χ3v) is 22.3. The van der Waals surface area contributed by atoms with E-state index in [1.165, 1.54) is 131 Å². The summed E-state index contributed by atoms with van der Waals surface area (Å²) in [6.45, 7) is 15.9. The Hall–Kier alpha value is -9.20. The van der Waals surface area contributed by atoms with Crippen LogP contribution in [0.25, 0.3) is 86.7 Å². The second kappa shape index (κ2) is 17.4. The van der Waals surface area contributed by atoms with Crippen molar-refractivity contribution >= 4 is 100 Å². The molecule has 0 amide bonds. The fraction of sp³-hybridized carbons (Fsp3) is 0.139. The molecule has 1 spiro atoms. The van der Waals surface area contributed by atoms with E-state index < -0.39 is 5.41 Å². The van der Waals surface area contributed by atoms with Gasteiger partial charge in [-0.1, -0.05) is 137 Å². The average molecular weight is 1130 g/mol. The number of hydrogen-bond acceptors (Lipinski definition) is 4. The van der Waals surface area contributed by atoms with Gasteiger partial charge in [-0.2, -0.15) is 0 Å². The Bertz CT molecular complexity index is 4880. The SMILES string of the molecule is CCn1c2ccccc2c2cc(N(c3ccc4c(c3)C(C)(C)c3ccccc3-4)c3ccc4c(c3)C3(c5cc(N(c6ccc7c(c6)C(C)(C)c6ccccc6-7)c6ccc7c(c6)c6ccccc6n7CC)ccc5-4)c4ccsc4-c4sccc43)ccc21. The molecule has 4 aliphatic rings. The Labute approximate surface area is 503 Å². The van der Waals surface area contributed by atoms with Gasteiger partial charge in [0.05, 0.1) is 5.41 Å². The zero-order chi connectivity index (χ0) is 56.8. The van der Waals surface area contributed by atoms with Crippen molar-refractivity contribution in [1.82, 2.24) is 9.13 Å². The molecule has 0 atom stereocenters. The van der Waals surface area contributed by atoms with Gasteiger partial charge in [-0.05, 0) is 212 Å². The van der Waals surface area contributed by atoms with Crippen LogP contribution in [-0.4, -0.2) is 9.13 Å². The smallest absolute Gasteiger partial charge is 0.0743 e. The highest BCUT2D eigenvalue weighted by atomic mass is 32.1. The Morgan fingerprint density at radius 1 is 0.306 bits per heavy atom. The molecule has 85 heavy (non-hydrogen) atoms. The van der Waals surface area contributed by atoms with Crippen LogP contribution in [0.15, 0.2) is 229 Å². The molecular formula is C79H60N4S2. The summed E-state index contributed by atoms with van der Waals surface area (Å²) in [5, 5.41) is 9.76. The van der Waals surface area contributed by atoms with E-state index in [9.17, 15) is 0 Å². The number of hydrogen-bond donors (Lipinski definition) is 0. The number of fused-ring (bicyclic) bond motifs is 22. The number of benzene rings is 10. The Balaban J connectivity index is 0.867. The minimum absolute atomic E-state index is 0.170. The molecular weight excluding hydrogens is 1070 g/mol. The summed E-state index contributed by atoms with van der Waals surface area (Å²) in [5.41, 5.74) is 29.8. The molecule has 0 saturated heterocycles. The van der Waals surface area contributed by atoms with Crippen molar-refractivity contribution in [3.05, 3.63) is 274 Å². The lowest BCUT2D eigenvalue weighted by molar-refractivity contribution is 0.660. The normalized spacial score (nSPS) is 14.8. The van der Waals surface area contributed by atoms with Crippen molar-refractivity contribution in [1.29, 1.82) is 0 Å². The number of anilines is 6. The first-order valence-corrected chi connectivity index (χ1v) is 31.9. The van der Waals surface area contributed by atoms with Gasteiger partial charge >= 0.3 is 0 Å². The van der Waals surface area contributed by atoms with Crippen molar-refractivity contribution in [3.63, 3.8) is 0 Å². The van der Waals surface area contributed by atoms with Crippen molar-refractivity contribution in [2.24, 2.45) is 0 Å². The minimum atomic E-state index is -0.571. The number of aromatic nitrogens is 2. The molecule has 0 fully saturated rings. The van der Waals surface area contributed by atoms with Gasteiger partial charge < -0.3 is 18.9 Å². The zero-order valence-electron chi connectivity index (χ0n) is 48.5. The summed E-state index contributed by atoms with van der Waals surface area (Å²) in [6.07, 6.45) is 0. The molecule has 4 heterocycles. The van der Waals surface area contributed by atoms with Gasteiger partial charge in [0.2, 0.25) is 0 Å². The second-order valence-corrected chi connectivity index (χ2v) is 26.8. The Morgan fingerprint density at radius 2 is 0.635 bits per heavy atom. The molecule has 0 saturated carbocycles. The molecule has 4 aliphatic carbocycles. The molecule has 408 valence electrons. The molecule has 0 aliphatic heterocycles. The van der Waals surface area contributed by atoms with E-state index in [0.717, 1.165) is 47.2 Å². The van der Waals surface area contributed by atoms with E-state index in [1.807, 2.05) is 22.7 Å². The van der Waals surface area contributed by atoms with E-state index in [0.29, 0.717) is 0 Å². The van der Waals surface area contributed by atoms with Crippen LogP contribution < -0.4 is 9.80 Å². The van der Waals surface area contributed by atoms with E-state index in [4.69, 9.17) is 0 Å². The van der Waals surface area contributed by atoms with Crippen molar-refractivity contribution in [2.45, 2.75) is 70.9 Å². The second-order valence-electron chi connectivity index (χ2n) is 24.9. The van der Waals surface area contributed by atoms with Crippen LogP contribution in [0.5, 0.6) is 0 Å². The van der Waals surface area contributed by atoms with Gasteiger partial charge in [-0.25, -0.2) is 0 Å². The highest BCUT2D eigenvalue weighted by Gasteiger charge is 2.53. The Morgan fingerprint density at radius 3 is 1.06 bits per heavy atom. The fourth-order valence-electron chi connectivity index (χ4n) is 16.5. The number of aryl methyl sites for hydroxylation is 2. The molecule has 0 unspecified atom stereocenters. The summed E-state index contributed by atoms with van der Waals surface area (Å²) < 4.78 is 4.92. The van der Waals surface area contributed by atoms with Crippen LogP contribution in [-0.2, 0) is 29.3 Å². The summed E-state index contributed by atoms with van der Waals surface area (Å²) >= 11 is 3.77.